The molecule has 3 heterocycles. The molecule has 7 heteroatoms. The molecule has 1 N–H and O–H groups in total. The van der Waals surface area contributed by atoms with E-state index in [1.54, 1.807) is 7.11 Å². The lowest BCUT2D eigenvalue weighted by Crippen LogP contribution is -2.23. The molecule has 3 aromatic carbocycles. The van der Waals surface area contributed by atoms with Gasteiger partial charge in [-0.1, -0.05) is 42.5 Å². The highest BCUT2D eigenvalue weighted by Gasteiger charge is 2.28. The van der Waals surface area contributed by atoms with Gasteiger partial charge < -0.3 is 19.4 Å². The second-order valence-corrected chi connectivity index (χ2v) is 9.50. The quantitative estimate of drug-likeness (QED) is 0.303. The molecule has 186 valence electrons. The van der Waals surface area contributed by atoms with Crippen molar-refractivity contribution in [1.82, 2.24) is 9.97 Å². The second kappa shape index (κ2) is 9.58. The fourth-order valence-electron chi connectivity index (χ4n) is 5.18. The number of amides is 1. The SMILES string of the molecule is COc1ccccc1-c1ccc(NC(=O)C[C@H]2CCN(c3nc(C)nc4c3oc3ccccc34)C2)cc1. The number of hydrogen-bond donors (Lipinski definition) is 1. The molecule has 0 radical (unpaired) electrons. The Hall–Kier alpha value is -4.39. The van der Waals surface area contributed by atoms with Crippen molar-refractivity contribution >= 4 is 39.5 Å². The van der Waals surface area contributed by atoms with Gasteiger partial charge in [-0.3, -0.25) is 4.79 Å². The van der Waals surface area contributed by atoms with Crippen molar-refractivity contribution < 1.29 is 13.9 Å². The van der Waals surface area contributed by atoms with Gasteiger partial charge >= 0.3 is 0 Å². The van der Waals surface area contributed by atoms with Crippen molar-refractivity contribution in [3.05, 3.63) is 78.6 Å². The van der Waals surface area contributed by atoms with Crippen molar-refractivity contribution in [2.45, 2.75) is 19.8 Å². The van der Waals surface area contributed by atoms with Crippen molar-refractivity contribution in [2.75, 3.05) is 30.4 Å². The minimum Gasteiger partial charge on any atom is -0.496 e. The van der Waals surface area contributed by atoms with Gasteiger partial charge in [-0.05, 0) is 55.2 Å². The van der Waals surface area contributed by atoms with E-state index in [0.29, 0.717) is 17.8 Å². The summed E-state index contributed by atoms with van der Waals surface area (Å²) in [5.74, 6) is 2.61. The van der Waals surface area contributed by atoms with Crippen LogP contribution in [-0.2, 0) is 4.79 Å². The lowest BCUT2D eigenvalue weighted by atomic mass is 10.0. The van der Waals surface area contributed by atoms with Crippen LogP contribution in [0.25, 0.3) is 33.2 Å². The van der Waals surface area contributed by atoms with Gasteiger partial charge in [0.05, 0.1) is 7.11 Å². The number of carbonyl (C=O) groups is 1. The predicted octanol–water partition coefficient (Wildman–Crippen LogP) is 6.22. The summed E-state index contributed by atoms with van der Waals surface area (Å²) in [6, 6.07) is 23.7. The van der Waals surface area contributed by atoms with E-state index in [1.807, 2.05) is 79.7 Å². The first-order valence-electron chi connectivity index (χ1n) is 12.5. The molecule has 1 saturated heterocycles. The molecule has 2 aromatic heterocycles. The molecular formula is C30H28N4O3. The highest BCUT2D eigenvalue weighted by atomic mass is 16.5. The summed E-state index contributed by atoms with van der Waals surface area (Å²) in [5.41, 5.74) is 5.22. The summed E-state index contributed by atoms with van der Waals surface area (Å²) in [6.45, 7) is 3.49. The Kier molecular flexibility index (Phi) is 5.96. The van der Waals surface area contributed by atoms with Crippen LogP contribution in [0.3, 0.4) is 0 Å². The number of para-hydroxylation sites is 2. The molecule has 0 spiro atoms. The van der Waals surface area contributed by atoms with E-state index in [4.69, 9.17) is 14.1 Å². The zero-order chi connectivity index (χ0) is 25.4. The van der Waals surface area contributed by atoms with Gasteiger partial charge in [0.2, 0.25) is 5.91 Å². The summed E-state index contributed by atoms with van der Waals surface area (Å²) in [5, 5.41) is 4.05. The smallest absolute Gasteiger partial charge is 0.224 e. The minimum absolute atomic E-state index is 0.0182. The summed E-state index contributed by atoms with van der Waals surface area (Å²) >= 11 is 0. The third kappa shape index (κ3) is 4.48. The van der Waals surface area contributed by atoms with E-state index < -0.39 is 0 Å². The predicted molar refractivity (Wildman–Crippen MR) is 146 cm³/mol. The molecule has 1 atom stereocenters. The Balaban J connectivity index is 1.13. The Morgan fingerprint density at radius 3 is 2.68 bits per heavy atom. The number of furan rings is 1. The number of hydrogen-bond acceptors (Lipinski definition) is 6. The molecule has 6 rings (SSSR count). The maximum absolute atomic E-state index is 12.9. The van der Waals surface area contributed by atoms with E-state index in [0.717, 1.165) is 64.4 Å². The minimum atomic E-state index is 0.0182. The lowest BCUT2D eigenvalue weighted by molar-refractivity contribution is -0.116. The second-order valence-electron chi connectivity index (χ2n) is 9.50. The number of aryl methyl sites for hydroxylation is 1. The van der Waals surface area contributed by atoms with E-state index in [9.17, 15) is 4.79 Å². The largest absolute Gasteiger partial charge is 0.496 e. The number of carbonyl (C=O) groups excluding carboxylic acids is 1. The van der Waals surface area contributed by atoms with Crippen LogP contribution in [0.4, 0.5) is 11.5 Å². The first-order valence-corrected chi connectivity index (χ1v) is 12.5. The fraction of sp³-hybridized carbons (Fsp3) is 0.233. The number of fused-ring (bicyclic) bond motifs is 3. The molecule has 1 aliphatic rings. The average Bonchev–Trinajstić information content (AvgIpc) is 3.53. The number of methoxy groups -OCH3 is 1. The molecule has 1 aliphatic heterocycles. The summed E-state index contributed by atoms with van der Waals surface area (Å²) in [4.78, 5) is 24.4. The van der Waals surface area contributed by atoms with Crippen LogP contribution in [-0.4, -0.2) is 36.1 Å². The Labute approximate surface area is 215 Å². The van der Waals surface area contributed by atoms with Gasteiger partial charge in [0, 0.05) is 36.1 Å². The van der Waals surface area contributed by atoms with Gasteiger partial charge in [0.15, 0.2) is 11.4 Å². The van der Waals surface area contributed by atoms with Crippen molar-refractivity contribution in [1.29, 1.82) is 0 Å². The highest BCUT2D eigenvalue weighted by molar-refractivity contribution is 6.05. The normalized spacial score (nSPS) is 15.4. The van der Waals surface area contributed by atoms with E-state index in [-0.39, 0.29) is 11.8 Å². The molecule has 7 nitrogen and oxygen atoms in total. The van der Waals surface area contributed by atoms with Crippen LogP contribution in [0, 0.1) is 12.8 Å². The van der Waals surface area contributed by atoms with Gasteiger partial charge in [0.1, 0.15) is 22.7 Å². The number of anilines is 2. The number of nitrogens with zero attached hydrogens (tertiary/aromatic N) is 3. The number of nitrogens with one attached hydrogen (secondary N) is 1. The number of aromatic nitrogens is 2. The Morgan fingerprint density at radius 1 is 1.05 bits per heavy atom. The standard InChI is InChI=1S/C30H28N4O3/c1-19-31-28-24-8-4-6-10-26(24)37-29(28)30(32-19)34-16-15-20(18-34)17-27(35)33-22-13-11-21(12-14-22)23-7-3-5-9-25(23)36-2/h3-14,20H,15-18H2,1-2H3,(H,33,35)/t20-/m1/s1. The maximum atomic E-state index is 12.9. The lowest BCUT2D eigenvalue weighted by Gasteiger charge is -2.18. The molecular weight excluding hydrogens is 464 g/mol. The fourth-order valence-corrected chi connectivity index (χ4v) is 5.18. The third-order valence-electron chi connectivity index (χ3n) is 6.96. The van der Waals surface area contributed by atoms with Crippen LogP contribution < -0.4 is 15.0 Å². The van der Waals surface area contributed by atoms with Crippen LogP contribution in [0.5, 0.6) is 5.75 Å². The molecule has 0 bridgehead atoms. The maximum Gasteiger partial charge on any atom is 0.224 e. The van der Waals surface area contributed by atoms with Crippen LogP contribution in [0.2, 0.25) is 0 Å². The Bertz CT molecular complexity index is 1590. The van der Waals surface area contributed by atoms with Crippen LogP contribution >= 0.6 is 0 Å². The van der Waals surface area contributed by atoms with Gasteiger partial charge in [-0.25, -0.2) is 9.97 Å². The van der Waals surface area contributed by atoms with E-state index >= 15 is 0 Å². The number of ether oxygens (including phenoxy) is 1. The summed E-state index contributed by atoms with van der Waals surface area (Å²) in [7, 11) is 1.67. The zero-order valence-corrected chi connectivity index (χ0v) is 20.9. The average molecular weight is 493 g/mol. The number of rotatable bonds is 6. The molecule has 1 fully saturated rings. The van der Waals surface area contributed by atoms with Crippen molar-refractivity contribution in [2.24, 2.45) is 5.92 Å². The summed E-state index contributed by atoms with van der Waals surface area (Å²) < 4.78 is 11.6. The molecule has 5 aromatic rings. The van der Waals surface area contributed by atoms with Crippen molar-refractivity contribution in [3.8, 4) is 16.9 Å². The molecule has 0 aliphatic carbocycles. The van der Waals surface area contributed by atoms with Gasteiger partial charge in [-0.2, -0.15) is 0 Å². The highest BCUT2D eigenvalue weighted by Crippen LogP contribution is 2.35. The van der Waals surface area contributed by atoms with Gasteiger partial charge in [0.25, 0.3) is 0 Å². The topological polar surface area (TPSA) is 80.5 Å². The third-order valence-corrected chi connectivity index (χ3v) is 6.96. The first kappa shape index (κ1) is 23.0. The van der Waals surface area contributed by atoms with Crippen molar-refractivity contribution in [3.63, 3.8) is 0 Å². The molecule has 1 amide bonds. The Morgan fingerprint density at radius 2 is 1.84 bits per heavy atom. The first-order chi connectivity index (χ1) is 18.1. The van der Waals surface area contributed by atoms with Crippen LogP contribution in [0.15, 0.2) is 77.2 Å². The van der Waals surface area contributed by atoms with Gasteiger partial charge in [-0.15, -0.1) is 0 Å². The molecule has 0 unspecified atom stereocenters. The van der Waals surface area contributed by atoms with E-state index in [1.165, 1.54) is 0 Å². The molecule has 37 heavy (non-hydrogen) atoms. The van der Waals surface area contributed by atoms with E-state index in [2.05, 4.69) is 15.2 Å². The molecule has 0 saturated carbocycles. The number of benzene rings is 3. The van der Waals surface area contributed by atoms with Crippen LogP contribution in [0.1, 0.15) is 18.7 Å². The monoisotopic (exact) mass is 492 g/mol. The summed E-state index contributed by atoms with van der Waals surface area (Å²) in [6.07, 6.45) is 1.38. The zero-order valence-electron chi connectivity index (χ0n) is 20.9.